The molecule has 4 aromatic rings. The molecule has 164 valence electrons. The van der Waals surface area contributed by atoms with Gasteiger partial charge in [0.15, 0.2) is 0 Å². The van der Waals surface area contributed by atoms with Crippen LogP contribution in [0.15, 0.2) is 103 Å². The van der Waals surface area contributed by atoms with Crippen LogP contribution in [0, 0.1) is 0 Å². The first-order valence-corrected chi connectivity index (χ1v) is 10.7. The summed E-state index contributed by atoms with van der Waals surface area (Å²) >= 11 is 0. The molecular formula is C29H25NO3. The molecule has 0 radical (unpaired) electrons. The number of benzene rings is 4. The fourth-order valence-corrected chi connectivity index (χ4v) is 3.61. The van der Waals surface area contributed by atoms with Crippen LogP contribution >= 0.6 is 0 Å². The van der Waals surface area contributed by atoms with Crippen molar-refractivity contribution in [3.8, 4) is 33.8 Å². The topological polar surface area (TPSA) is 61.6 Å². The van der Waals surface area contributed by atoms with E-state index in [2.05, 4.69) is 6.07 Å². The van der Waals surface area contributed by atoms with E-state index in [0.29, 0.717) is 6.61 Å². The number of primary amides is 1. The third-order valence-electron chi connectivity index (χ3n) is 5.28. The van der Waals surface area contributed by atoms with Crippen molar-refractivity contribution in [1.82, 2.24) is 0 Å². The Morgan fingerprint density at radius 3 is 2.24 bits per heavy atom. The minimum absolute atomic E-state index is 0.493. The predicted molar refractivity (Wildman–Crippen MR) is 133 cm³/mol. The molecule has 0 aliphatic heterocycles. The zero-order chi connectivity index (χ0) is 23.0. The van der Waals surface area contributed by atoms with Crippen molar-refractivity contribution in [2.45, 2.75) is 6.61 Å². The van der Waals surface area contributed by atoms with Crippen LogP contribution in [0.5, 0.6) is 11.5 Å². The summed E-state index contributed by atoms with van der Waals surface area (Å²) in [6.45, 7) is 0.494. The molecule has 0 heterocycles. The van der Waals surface area contributed by atoms with Crippen LogP contribution in [0.1, 0.15) is 11.1 Å². The summed E-state index contributed by atoms with van der Waals surface area (Å²) in [7, 11) is 1.65. The van der Waals surface area contributed by atoms with E-state index in [1.807, 2.05) is 91.0 Å². The highest BCUT2D eigenvalue weighted by atomic mass is 16.5. The number of methoxy groups -OCH3 is 1. The van der Waals surface area contributed by atoms with Gasteiger partial charge in [-0.25, -0.2) is 0 Å². The Kier molecular flexibility index (Phi) is 6.86. The van der Waals surface area contributed by atoms with Crippen molar-refractivity contribution in [2.75, 3.05) is 7.11 Å². The molecule has 0 bridgehead atoms. The Morgan fingerprint density at radius 2 is 1.48 bits per heavy atom. The van der Waals surface area contributed by atoms with E-state index in [4.69, 9.17) is 15.2 Å². The zero-order valence-corrected chi connectivity index (χ0v) is 18.4. The molecule has 4 nitrogen and oxygen atoms in total. The van der Waals surface area contributed by atoms with E-state index < -0.39 is 5.91 Å². The van der Waals surface area contributed by atoms with Crippen molar-refractivity contribution in [3.05, 3.63) is 114 Å². The van der Waals surface area contributed by atoms with Crippen molar-refractivity contribution < 1.29 is 14.3 Å². The predicted octanol–water partition coefficient (Wildman–Crippen LogP) is 6.11. The smallest absolute Gasteiger partial charge is 0.241 e. The number of amides is 1. The van der Waals surface area contributed by atoms with Gasteiger partial charge in [-0.15, -0.1) is 0 Å². The number of carbonyl (C=O) groups excluding carboxylic acids is 1. The molecular weight excluding hydrogens is 410 g/mol. The van der Waals surface area contributed by atoms with Gasteiger partial charge in [-0.3, -0.25) is 4.79 Å². The first-order valence-electron chi connectivity index (χ1n) is 10.7. The monoisotopic (exact) mass is 435 g/mol. The first kappa shape index (κ1) is 21.9. The Balaban J connectivity index is 1.68. The second-order valence-electron chi connectivity index (χ2n) is 7.57. The fraction of sp³-hybridized carbons (Fsp3) is 0.0690. The minimum Gasteiger partial charge on any atom is -0.497 e. The molecule has 0 aliphatic carbocycles. The summed E-state index contributed by atoms with van der Waals surface area (Å²) in [6, 6.07) is 32.0. The normalized spacial score (nSPS) is 10.8. The lowest BCUT2D eigenvalue weighted by atomic mass is 9.94. The maximum Gasteiger partial charge on any atom is 0.241 e. The third-order valence-corrected chi connectivity index (χ3v) is 5.28. The van der Waals surface area contributed by atoms with E-state index in [9.17, 15) is 4.79 Å². The number of carbonyl (C=O) groups is 1. The number of hydrogen-bond acceptors (Lipinski definition) is 3. The average molecular weight is 436 g/mol. The van der Waals surface area contributed by atoms with Gasteiger partial charge in [0.2, 0.25) is 5.91 Å². The summed E-state index contributed by atoms with van der Waals surface area (Å²) in [5, 5.41) is 0. The summed E-state index contributed by atoms with van der Waals surface area (Å²) in [6.07, 6.45) is 3.13. The second kappa shape index (κ2) is 10.3. The van der Waals surface area contributed by atoms with Crippen LogP contribution in [0.4, 0.5) is 0 Å². The maximum atomic E-state index is 11.4. The standard InChI is InChI=1S/C29H25NO3/c1-32-26-11-5-9-22(18-26)23-13-15-28(25(17-23)14-16-29(30)31)24-10-6-12-27(19-24)33-20-21-7-3-2-4-8-21/h2-19H,20H2,1H3,(H2,30,31)/b16-14+. The Hall–Kier alpha value is -4.31. The summed E-state index contributed by atoms with van der Waals surface area (Å²) < 4.78 is 11.4. The lowest BCUT2D eigenvalue weighted by molar-refractivity contribution is -0.113. The molecule has 0 aliphatic rings. The van der Waals surface area contributed by atoms with Crippen molar-refractivity contribution in [1.29, 1.82) is 0 Å². The van der Waals surface area contributed by atoms with Crippen LogP contribution in [0.25, 0.3) is 28.3 Å². The van der Waals surface area contributed by atoms with Crippen LogP contribution in [0.2, 0.25) is 0 Å². The van der Waals surface area contributed by atoms with Gasteiger partial charge in [0, 0.05) is 6.08 Å². The molecule has 4 heteroatoms. The quantitative estimate of drug-likeness (QED) is 0.340. The zero-order valence-electron chi connectivity index (χ0n) is 18.4. The average Bonchev–Trinajstić information content (AvgIpc) is 2.87. The van der Waals surface area contributed by atoms with Gasteiger partial charge >= 0.3 is 0 Å². The molecule has 0 atom stereocenters. The van der Waals surface area contributed by atoms with Gasteiger partial charge in [0.1, 0.15) is 18.1 Å². The lowest BCUT2D eigenvalue weighted by Crippen LogP contribution is -2.05. The van der Waals surface area contributed by atoms with Gasteiger partial charge in [-0.05, 0) is 69.8 Å². The Bertz CT molecular complexity index is 1280. The van der Waals surface area contributed by atoms with Crippen LogP contribution in [-0.4, -0.2) is 13.0 Å². The molecule has 0 aromatic heterocycles. The van der Waals surface area contributed by atoms with Crippen molar-refractivity contribution in [3.63, 3.8) is 0 Å². The highest BCUT2D eigenvalue weighted by Gasteiger charge is 2.09. The summed E-state index contributed by atoms with van der Waals surface area (Å²) in [4.78, 5) is 11.4. The van der Waals surface area contributed by atoms with E-state index in [-0.39, 0.29) is 0 Å². The van der Waals surface area contributed by atoms with E-state index in [1.54, 1.807) is 13.2 Å². The van der Waals surface area contributed by atoms with Crippen LogP contribution in [0.3, 0.4) is 0 Å². The molecule has 33 heavy (non-hydrogen) atoms. The van der Waals surface area contributed by atoms with Crippen LogP contribution in [-0.2, 0) is 11.4 Å². The van der Waals surface area contributed by atoms with Crippen LogP contribution < -0.4 is 15.2 Å². The molecule has 0 saturated heterocycles. The Labute approximate surface area is 193 Å². The van der Waals surface area contributed by atoms with Gasteiger partial charge in [0.25, 0.3) is 0 Å². The molecule has 0 spiro atoms. The van der Waals surface area contributed by atoms with E-state index in [0.717, 1.165) is 44.9 Å². The molecule has 4 aromatic carbocycles. The largest absolute Gasteiger partial charge is 0.497 e. The van der Waals surface area contributed by atoms with Crippen molar-refractivity contribution in [2.24, 2.45) is 5.73 Å². The summed E-state index contributed by atoms with van der Waals surface area (Å²) in [5.41, 5.74) is 11.4. The van der Waals surface area contributed by atoms with Gasteiger partial charge in [-0.1, -0.05) is 66.7 Å². The number of nitrogens with two attached hydrogens (primary N) is 1. The first-order chi connectivity index (χ1) is 16.1. The maximum absolute atomic E-state index is 11.4. The fourth-order valence-electron chi connectivity index (χ4n) is 3.61. The second-order valence-corrected chi connectivity index (χ2v) is 7.57. The third kappa shape index (κ3) is 5.69. The van der Waals surface area contributed by atoms with Gasteiger partial charge < -0.3 is 15.2 Å². The minimum atomic E-state index is -0.493. The van der Waals surface area contributed by atoms with Gasteiger partial charge in [-0.2, -0.15) is 0 Å². The highest BCUT2D eigenvalue weighted by molar-refractivity contribution is 5.92. The lowest BCUT2D eigenvalue weighted by Gasteiger charge is -2.13. The van der Waals surface area contributed by atoms with E-state index >= 15 is 0 Å². The molecule has 4 rings (SSSR count). The molecule has 1 amide bonds. The molecule has 0 saturated carbocycles. The highest BCUT2D eigenvalue weighted by Crippen LogP contribution is 2.33. The molecule has 2 N–H and O–H groups in total. The number of ether oxygens (including phenoxy) is 2. The van der Waals surface area contributed by atoms with Crippen molar-refractivity contribution >= 4 is 12.0 Å². The Morgan fingerprint density at radius 1 is 0.788 bits per heavy atom. The molecule has 0 unspecified atom stereocenters. The molecule has 0 fully saturated rings. The number of rotatable bonds is 8. The van der Waals surface area contributed by atoms with E-state index in [1.165, 1.54) is 6.08 Å². The van der Waals surface area contributed by atoms with Gasteiger partial charge in [0.05, 0.1) is 7.11 Å². The summed E-state index contributed by atoms with van der Waals surface area (Å²) in [5.74, 6) is 1.07. The number of hydrogen-bond donors (Lipinski definition) is 1. The SMILES string of the molecule is COc1cccc(-c2ccc(-c3cccc(OCc4ccccc4)c3)c(/C=C/C(N)=O)c2)c1.